The summed E-state index contributed by atoms with van der Waals surface area (Å²) in [7, 11) is 1.90. The third-order valence-corrected chi connectivity index (χ3v) is 2.99. The minimum atomic E-state index is 0.740. The molecule has 0 bridgehead atoms. The highest BCUT2D eigenvalue weighted by Gasteiger charge is 2.09. The van der Waals surface area contributed by atoms with Gasteiger partial charge in [-0.25, -0.2) is 0 Å². The smallest absolute Gasteiger partial charge is 0.101 e. The summed E-state index contributed by atoms with van der Waals surface area (Å²) < 4.78 is 1.81. The van der Waals surface area contributed by atoms with Crippen molar-refractivity contribution in [2.75, 3.05) is 5.73 Å². The van der Waals surface area contributed by atoms with Crippen molar-refractivity contribution >= 4 is 17.0 Å². The third kappa shape index (κ3) is 1.33. The van der Waals surface area contributed by atoms with Crippen LogP contribution in [0.1, 0.15) is 5.56 Å². The van der Waals surface area contributed by atoms with E-state index in [1.165, 1.54) is 10.4 Å². The molecule has 0 saturated heterocycles. The lowest BCUT2D eigenvalue weighted by atomic mass is 10.2. The van der Waals surface area contributed by atoms with E-state index in [4.69, 9.17) is 5.73 Å². The number of hydrogen-bond donors (Lipinski definition) is 1. The fraction of sp³-hybridized carbons (Fsp3) is 0.222. The minimum Gasteiger partial charge on any atom is -0.396 e. The second-order valence-corrected chi connectivity index (χ2v) is 3.97. The van der Waals surface area contributed by atoms with Crippen LogP contribution in [0.4, 0.5) is 5.69 Å². The monoisotopic (exact) mass is 193 g/mol. The number of aryl methyl sites for hydroxylation is 2. The summed E-state index contributed by atoms with van der Waals surface area (Å²) in [6.07, 6.45) is 1.68. The predicted molar refractivity (Wildman–Crippen MR) is 55.7 cm³/mol. The Morgan fingerprint density at radius 1 is 1.54 bits per heavy atom. The largest absolute Gasteiger partial charge is 0.396 e. The average Bonchev–Trinajstić information content (AvgIpc) is 2.60. The maximum absolute atomic E-state index is 5.81. The van der Waals surface area contributed by atoms with Crippen LogP contribution in [0, 0.1) is 6.92 Å². The lowest BCUT2D eigenvalue weighted by Gasteiger charge is -1.98. The zero-order valence-electron chi connectivity index (χ0n) is 7.61. The van der Waals surface area contributed by atoms with Gasteiger partial charge in [0.25, 0.3) is 0 Å². The van der Waals surface area contributed by atoms with E-state index in [1.807, 2.05) is 7.05 Å². The normalized spacial score (nSPS) is 10.6. The molecule has 0 amide bonds. The van der Waals surface area contributed by atoms with Crippen LogP contribution in [-0.2, 0) is 7.05 Å². The van der Waals surface area contributed by atoms with Crippen molar-refractivity contribution in [1.82, 2.24) is 9.78 Å². The number of nitrogens with two attached hydrogens (primary N) is 1. The fourth-order valence-electron chi connectivity index (χ4n) is 1.31. The van der Waals surface area contributed by atoms with E-state index >= 15 is 0 Å². The first-order valence-corrected chi connectivity index (χ1v) is 4.89. The number of aromatic nitrogens is 2. The number of nitrogen functional groups attached to an aromatic ring is 1. The van der Waals surface area contributed by atoms with Crippen LogP contribution in [0.25, 0.3) is 10.6 Å². The summed E-state index contributed by atoms with van der Waals surface area (Å²) in [6.45, 7) is 2.08. The quantitative estimate of drug-likeness (QED) is 0.753. The summed E-state index contributed by atoms with van der Waals surface area (Å²) in [4.78, 5) is 1.18. The molecule has 2 heterocycles. The van der Waals surface area contributed by atoms with Crippen LogP contribution in [-0.4, -0.2) is 9.78 Å². The second-order valence-electron chi connectivity index (χ2n) is 3.06. The lowest BCUT2D eigenvalue weighted by molar-refractivity contribution is 0.777. The molecule has 13 heavy (non-hydrogen) atoms. The van der Waals surface area contributed by atoms with Crippen molar-refractivity contribution in [1.29, 1.82) is 0 Å². The number of nitrogens with zero attached hydrogens (tertiary/aromatic N) is 2. The molecule has 0 fully saturated rings. The standard InChI is InChI=1S/C9H11N3S/c1-6-3-8(13-5-6)9-7(10)4-11-12(9)2/h3-5H,10H2,1-2H3. The second kappa shape index (κ2) is 2.88. The molecule has 0 spiro atoms. The van der Waals surface area contributed by atoms with Crippen LogP contribution in [0.5, 0.6) is 0 Å². The molecule has 0 aliphatic rings. The molecule has 0 saturated carbocycles. The van der Waals surface area contributed by atoms with Crippen molar-refractivity contribution in [3.63, 3.8) is 0 Å². The predicted octanol–water partition coefficient (Wildman–Crippen LogP) is 2.04. The molecule has 68 valence electrons. The summed E-state index contributed by atoms with van der Waals surface area (Å²) in [5, 5.41) is 6.21. The molecule has 4 heteroatoms. The maximum atomic E-state index is 5.81. The summed E-state index contributed by atoms with van der Waals surface area (Å²) in [5.41, 5.74) is 8.82. The van der Waals surface area contributed by atoms with E-state index in [2.05, 4.69) is 23.5 Å². The molecule has 2 aromatic heterocycles. The van der Waals surface area contributed by atoms with Gasteiger partial charge >= 0.3 is 0 Å². The van der Waals surface area contributed by atoms with Crippen molar-refractivity contribution < 1.29 is 0 Å². The highest BCUT2D eigenvalue weighted by Crippen LogP contribution is 2.30. The highest BCUT2D eigenvalue weighted by atomic mass is 32.1. The van der Waals surface area contributed by atoms with Crippen LogP contribution < -0.4 is 5.73 Å². The molecule has 2 aromatic rings. The molecule has 0 aromatic carbocycles. The first kappa shape index (κ1) is 8.31. The molecule has 2 rings (SSSR count). The molecule has 0 radical (unpaired) electrons. The molecular weight excluding hydrogens is 182 g/mol. The Morgan fingerprint density at radius 2 is 2.31 bits per heavy atom. The van der Waals surface area contributed by atoms with Crippen LogP contribution in [0.2, 0.25) is 0 Å². The van der Waals surface area contributed by atoms with Gasteiger partial charge in [-0.3, -0.25) is 4.68 Å². The minimum absolute atomic E-state index is 0.740. The lowest BCUT2D eigenvalue weighted by Crippen LogP contribution is -1.93. The molecular formula is C9H11N3S. The zero-order chi connectivity index (χ0) is 9.42. The number of rotatable bonds is 1. The summed E-state index contributed by atoms with van der Waals surface area (Å²) >= 11 is 1.69. The molecule has 0 unspecified atom stereocenters. The molecule has 0 atom stereocenters. The Kier molecular flexibility index (Phi) is 1.84. The molecule has 0 aliphatic carbocycles. The van der Waals surface area contributed by atoms with Gasteiger partial charge in [0.2, 0.25) is 0 Å². The van der Waals surface area contributed by atoms with Gasteiger partial charge in [0.1, 0.15) is 5.69 Å². The van der Waals surface area contributed by atoms with Gasteiger partial charge in [0, 0.05) is 7.05 Å². The molecule has 3 nitrogen and oxygen atoms in total. The van der Waals surface area contributed by atoms with Gasteiger partial charge in [0.05, 0.1) is 16.8 Å². The number of anilines is 1. The van der Waals surface area contributed by atoms with Crippen LogP contribution in [0.3, 0.4) is 0 Å². The SMILES string of the molecule is Cc1csc(-c2c(N)cnn2C)c1. The Hall–Kier alpha value is -1.29. The van der Waals surface area contributed by atoms with E-state index in [9.17, 15) is 0 Å². The first-order chi connectivity index (χ1) is 6.18. The van der Waals surface area contributed by atoms with Gasteiger partial charge in [-0.1, -0.05) is 0 Å². The van der Waals surface area contributed by atoms with E-state index < -0.39 is 0 Å². The van der Waals surface area contributed by atoms with Crippen LogP contribution >= 0.6 is 11.3 Å². The zero-order valence-corrected chi connectivity index (χ0v) is 8.43. The van der Waals surface area contributed by atoms with Gasteiger partial charge in [-0.05, 0) is 23.9 Å². The topological polar surface area (TPSA) is 43.8 Å². The van der Waals surface area contributed by atoms with Gasteiger partial charge in [-0.15, -0.1) is 11.3 Å². The number of thiophene rings is 1. The summed E-state index contributed by atoms with van der Waals surface area (Å²) in [6, 6.07) is 2.12. The van der Waals surface area contributed by atoms with Crippen molar-refractivity contribution in [2.45, 2.75) is 6.92 Å². The van der Waals surface area contributed by atoms with E-state index in [0.717, 1.165) is 11.4 Å². The average molecular weight is 193 g/mol. The van der Waals surface area contributed by atoms with Crippen molar-refractivity contribution in [3.8, 4) is 10.6 Å². The molecule has 0 aliphatic heterocycles. The Bertz CT molecular complexity index is 408. The van der Waals surface area contributed by atoms with E-state index in [1.54, 1.807) is 22.2 Å². The maximum Gasteiger partial charge on any atom is 0.101 e. The Labute approximate surface area is 80.8 Å². The van der Waals surface area contributed by atoms with E-state index in [-0.39, 0.29) is 0 Å². The van der Waals surface area contributed by atoms with E-state index in [0.29, 0.717) is 0 Å². The summed E-state index contributed by atoms with van der Waals surface area (Å²) in [5.74, 6) is 0. The van der Waals surface area contributed by atoms with Gasteiger partial charge in [0.15, 0.2) is 0 Å². The highest BCUT2D eigenvalue weighted by molar-refractivity contribution is 7.13. The molecule has 2 N–H and O–H groups in total. The Balaban J connectivity index is 2.57. The van der Waals surface area contributed by atoms with Gasteiger partial charge < -0.3 is 5.73 Å². The van der Waals surface area contributed by atoms with Crippen LogP contribution in [0.15, 0.2) is 17.6 Å². The third-order valence-electron chi connectivity index (χ3n) is 1.93. The Morgan fingerprint density at radius 3 is 2.77 bits per heavy atom. The van der Waals surface area contributed by atoms with Crippen molar-refractivity contribution in [2.24, 2.45) is 7.05 Å². The fourth-order valence-corrected chi connectivity index (χ4v) is 2.31. The number of hydrogen-bond acceptors (Lipinski definition) is 3. The van der Waals surface area contributed by atoms with Gasteiger partial charge in [-0.2, -0.15) is 5.10 Å². The van der Waals surface area contributed by atoms with Crippen molar-refractivity contribution in [3.05, 3.63) is 23.2 Å². The first-order valence-electron chi connectivity index (χ1n) is 4.01.